The number of ether oxygens (including phenoxy) is 1. The third-order valence-electron chi connectivity index (χ3n) is 2.71. The molecule has 1 heterocycles. The molecule has 98 valence electrons. The Balaban J connectivity index is 2.74. The molecule has 0 spiro atoms. The fourth-order valence-electron chi connectivity index (χ4n) is 1.79. The molecule has 0 aliphatic carbocycles. The van der Waals surface area contributed by atoms with Crippen molar-refractivity contribution in [2.45, 2.75) is 6.54 Å². The number of aromatic nitrogens is 2. The summed E-state index contributed by atoms with van der Waals surface area (Å²) in [4.78, 5) is 26.6. The van der Waals surface area contributed by atoms with Crippen LogP contribution in [0.5, 0.6) is 0 Å². The van der Waals surface area contributed by atoms with E-state index in [1.165, 1.54) is 11.7 Å². The van der Waals surface area contributed by atoms with Gasteiger partial charge in [0.05, 0.1) is 23.6 Å². The van der Waals surface area contributed by atoms with Gasteiger partial charge in [-0.05, 0) is 30.4 Å². The van der Waals surface area contributed by atoms with Crippen molar-refractivity contribution >= 4 is 29.1 Å². The Morgan fingerprint density at radius 2 is 2.32 bits per heavy atom. The number of nitrogens with one attached hydrogen (secondary N) is 1. The molecule has 0 radical (unpaired) electrons. The first-order chi connectivity index (χ1) is 9.08. The summed E-state index contributed by atoms with van der Waals surface area (Å²) in [7, 11) is 1.30. The van der Waals surface area contributed by atoms with E-state index in [9.17, 15) is 9.59 Å². The fourth-order valence-corrected chi connectivity index (χ4v) is 2.06. The zero-order chi connectivity index (χ0) is 14.0. The predicted octanol–water partition coefficient (Wildman–Crippen LogP) is 2.03. The number of aromatic amines is 1. The molecule has 6 heteroatoms. The minimum Gasteiger partial charge on any atom is -0.465 e. The molecular weight excluding hydrogens is 264 g/mol. The maximum absolute atomic E-state index is 12.2. The highest BCUT2D eigenvalue weighted by atomic mass is 32.1. The van der Waals surface area contributed by atoms with E-state index in [2.05, 4.69) is 16.3 Å². The number of carbonyl (C=O) groups is 1. The van der Waals surface area contributed by atoms with Gasteiger partial charge in [0.2, 0.25) is 0 Å². The van der Waals surface area contributed by atoms with Crippen molar-refractivity contribution in [2.75, 3.05) is 7.11 Å². The number of nitrogens with zero attached hydrogens (tertiary/aromatic N) is 1. The topological polar surface area (TPSA) is 64.1 Å². The van der Waals surface area contributed by atoms with Crippen molar-refractivity contribution < 1.29 is 9.53 Å². The first kappa shape index (κ1) is 13.2. The maximum atomic E-state index is 12.2. The van der Waals surface area contributed by atoms with Crippen LogP contribution >= 0.6 is 12.2 Å². The summed E-state index contributed by atoms with van der Waals surface area (Å²) < 4.78 is 6.33. The van der Waals surface area contributed by atoms with Gasteiger partial charge in [0, 0.05) is 6.54 Å². The second-order valence-electron chi connectivity index (χ2n) is 3.89. The number of carbonyl (C=O) groups excluding carboxylic acids is 1. The zero-order valence-electron chi connectivity index (χ0n) is 10.3. The van der Waals surface area contributed by atoms with Gasteiger partial charge in [0.1, 0.15) is 0 Å². The largest absolute Gasteiger partial charge is 0.465 e. The second kappa shape index (κ2) is 5.19. The summed E-state index contributed by atoms with van der Waals surface area (Å²) >= 11 is 5.11. The number of methoxy groups -OCH3 is 1. The number of fused-ring (bicyclic) bond motifs is 1. The summed E-state index contributed by atoms with van der Waals surface area (Å²) in [6.07, 6.45) is 1.60. The van der Waals surface area contributed by atoms with Crippen LogP contribution < -0.4 is 5.56 Å². The highest BCUT2D eigenvalue weighted by Crippen LogP contribution is 2.11. The summed E-state index contributed by atoms with van der Waals surface area (Å²) in [6.45, 7) is 3.92. The van der Waals surface area contributed by atoms with E-state index in [1.807, 2.05) is 0 Å². The van der Waals surface area contributed by atoms with Crippen molar-refractivity contribution in [3.8, 4) is 0 Å². The third-order valence-corrected chi connectivity index (χ3v) is 3.04. The molecule has 0 aliphatic rings. The average molecular weight is 276 g/mol. The highest BCUT2D eigenvalue weighted by molar-refractivity contribution is 7.71. The molecular formula is C13H12N2O3S. The number of benzene rings is 1. The SMILES string of the molecule is C=CCn1c(=S)[nH]c2cc(C(=O)OC)ccc2c1=O. The normalized spacial score (nSPS) is 10.4. The van der Waals surface area contributed by atoms with Crippen molar-refractivity contribution in [1.29, 1.82) is 0 Å². The van der Waals surface area contributed by atoms with Crippen LogP contribution in [-0.4, -0.2) is 22.6 Å². The van der Waals surface area contributed by atoms with Gasteiger partial charge in [-0.2, -0.15) is 0 Å². The molecule has 1 N–H and O–H groups in total. The van der Waals surface area contributed by atoms with E-state index >= 15 is 0 Å². The van der Waals surface area contributed by atoms with Crippen molar-refractivity contribution in [3.05, 3.63) is 51.5 Å². The number of allylic oxidation sites excluding steroid dienone is 1. The first-order valence-electron chi connectivity index (χ1n) is 5.54. The van der Waals surface area contributed by atoms with Gasteiger partial charge in [-0.25, -0.2) is 4.79 Å². The molecule has 2 rings (SSSR count). The molecule has 0 unspecified atom stereocenters. The molecule has 5 nitrogen and oxygen atoms in total. The molecule has 1 aromatic heterocycles. The Kier molecular flexibility index (Phi) is 3.62. The number of esters is 1. The van der Waals surface area contributed by atoms with E-state index in [-0.39, 0.29) is 5.56 Å². The average Bonchev–Trinajstić information content (AvgIpc) is 2.42. The maximum Gasteiger partial charge on any atom is 0.337 e. The van der Waals surface area contributed by atoms with Crippen LogP contribution in [0.1, 0.15) is 10.4 Å². The van der Waals surface area contributed by atoms with Crippen LogP contribution in [0.3, 0.4) is 0 Å². The van der Waals surface area contributed by atoms with Gasteiger partial charge < -0.3 is 9.72 Å². The number of H-pyrrole nitrogens is 1. The molecule has 19 heavy (non-hydrogen) atoms. The van der Waals surface area contributed by atoms with Crippen LogP contribution in [-0.2, 0) is 11.3 Å². The molecule has 0 atom stereocenters. The molecule has 0 amide bonds. The molecule has 0 aliphatic heterocycles. The summed E-state index contributed by atoms with van der Waals surface area (Å²) in [5.74, 6) is -0.462. The van der Waals surface area contributed by atoms with E-state index in [4.69, 9.17) is 12.2 Å². The van der Waals surface area contributed by atoms with Crippen LogP contribution in [0, 0.1) is 4.77 Å². The highest BCUT2D eigenvalue weighted by Gasteiger charge is 2.09. The van der Waals surface area contributed by atoms with Crippen LogP contribution in [0.25, 0.3) is 10.9 Å². The number of hydrogen-bond donors (Lipinski definition) is 1. The Hall–Kier alpha value is -2.21. The quantitative estimate of drug-likeness (QED) is 0.529. The van der Waals surface area contributed by atoms with E-state index < -0.39 is 5.97 Å². The zero-order valence-corrected chi connectivity index (χ0v) is 11.1. The number of hydrogen-bond acceptors (Lipinski definition) is 4. The Morgan fingerprint density at radius 3 is 2.95 bits per heavy atom. The van der Waals surface area contributed by atoms with Gasteiger partial charge in [0.15, 0.2) is 4.77 Å². The predicted molar refractivity (Wildman–Crippen MR) is 74.9 cm³/mol. The minimum absolute atomic E-state index is 0.213. The Bertz CT molecular complexity index is 774. The molecule has 2 aromatic rings. The van der Waals surface area contributed by atoms with Crippen LogP contribution in [0.4, 0.5) is 0 Å². The molecule has 0 saturated heterocycles. The van der Waals surface area contributed by atoms with Crippen molar-refractivity contribution in [1.82, 2.24) is 9.55 Å². The third kappa shape index (κ3) is 2.34. The molecule has 1 aromatic carbocycles. The van der Waals surface area contributed by atoms with E-state index in [0.29, 0.717) is 27.8 Å². The van der Waals surface area contributed by atoms with Crippen molar-refractivity contribution in [3.63, 3.8) is 0 Å². The van der Waals surface area contributed by atoms with Crippen LogP contribution in [0.2, 0.25) is 0 Å². The molecule has 0 bridgehead atoms. The standard InChI is InChI=1S/C13H12N2O3S/c1-3-6-15-11(16)9-5-4-8(12(17)18-2)7-10(9)14-13(15)19/h3-5,7H,1,6H2,2H3,(H,14,19). The van der Waals surface area contributed by atoms with E-state index in [0.717, 1.165) is 0 Å². The second-order valence-corrected chi connectivity index (χ2v) is 4.27. The van der Waals surface area contributed by atoms with Gasteiger partial charge in [-0.15, -0.1) is 6.58 Å². The summed E-state index contributed by atoms with van der Waals surface area (Å²) in [5, 5.41) is 0.461. The minimum atomic E-state index is -0.462. The first-order valence-corrected chi connectivity index (χ1v) is 5.95. The fraction of sp³-hybridized carbons (Fsp3) is 0.154. The summed E-state index contributed by atoms with van der Waals surface area (Å²) in [6, 6.07) is 4.68. The van der Waals surface area contributed by atoms with Gasteiger partial charge in [0.25, 0.3) is 5.56 Å². The smallest absolute Gasteiger partial charge is 0.337 e. The lowest BCUT2D eigenvalue weighted by molar-refractivity contribution is 0.0601. The lowest BCUT2D eigenvalue weighted by atomic mass is 10.1. The Morgan fingerprint density at radius 1 is 1.58 bits per heavy atom. The number of rotatable bonds is 3. The monoisotopic (exact) mass is 276 g/mol. The lowest BCUT2D eigenvalue weighted by Gasteiger charge is -2.06. The summed E-state index contributed by atoms with van der Waals surface area (Å²) in [5.41, 5.74) is 0.662. The van der Waals surface area contributed by atoms with Gasteiger partial charge >= 0.3 is 5.97 Å². The van der Waals surface area contributed by atoms with Gasteiger partial charge in [-0.3, -0.25) is 9.36 Å². The van der Waals surface area contributed by atoms with E-state index in [1.54, 1.807) is 24.3 Å². The lowest BCUT2D eigenvalue weighted by Crippen LogP contribution is -2.21. The van der Waals surface area contributed by atoms with Crippen molar-refractivity contribution in [2.24, 2.45) is 0 Å². The molecule has 0 fully saturated rings. The van der Waals surface area contributed by atoms with Gasteiger partial charge in [-0.1, -0.05) is 6.08 Å². The molecule has 0 saturated carbocycles. The Labute approximate surface area is 114 Å². The van der Waals surface area contributed by atoms with Crippen LogP contribution in [0.15, 0.2) is 35.6 Å².